The van der Waals surface area contributed by atoms with Crippen LogP contribution < -0.4 is 4.90 Å². The fraction of sp³-hybridized carbons (Fsp3) is 0.500. The van der Waals surface area contributed by atoms with Crippen LogP contribution in [-0.2, 0) is 9.59 Å². The van der Waals surface area contributed by atoms with Crippen molar-refractivity contribution in [2.75, 3.05) is 18.0 Å². The second-order valence-corrected chi connectivity index (χ2v) is 6.10. The minimum Gasteiger partial charge on any atom is -0.329 e. The van der Waals surface area contributed by atoms with Gasteiger partial charge >= 0.3 is 0 Å². The molecule has 7 nitrogen and oxygen atoms in total. The number of rotatable bonds is 3. The molecule has 7 heteroatoms. The van der Waals surface area contributed by atoms with Crippen molar-refractivity contribution in [2.24, 2.45) is 5.92 Å². The predicted octanol–water partition coefficient (Wildman–Crippen LogP) is 1.96. The van der Waals surface area contributed by atoms with E-state index in [1.54, 1.807) is 28.9 Å². The first-order chi connectivity index (χ1) is 11.0. The number of carbonyl (C=O) groups is 2. The molecule has 2 fully saturated rings. The normalized spacial score (nSPS) is 22.0. The Kier molecular flexibility index (Phi) is 4.02. The van der Waals surface area contributed by atoms with Gasteiger partial charge in [0.25, 0.3) is 5.69 Å². The zero-order chi connectivity index (χ0) is 16.6. The van der Waals surface area contributed by atoms with Crippen molar-refractivity contribution >= 4 is 23.2 Å². The van der Waals surface area contributed by atoms with Gasteiger partial charge in [0, 0.05) is 36.8 Å². The van der Waals surface area contributed by atoms with Crippen molar-refractivity contribution in [3.8, 4) is 0 Å². The Morgan fingerprint density at radius 1 is 1.22 bits per heavy atom. The number of piperazine rings is 1. The summed E-state index contributed by atoms with van der Waals surface area (Å²) >= 11 is 0. The largest absolute Gasteiger partial charge is 0.329 e. The standard InChI is InChI=1S/C16H19N3O4/c1-11-15(20)18(13-5-7-14(8-6-13)19(22)23)10-9-17(11)16(21)12-3-2-4-12/h5-8,11-12H,2-4,9-10H2,1H3/t11-/m0/s1. The van der Waals surface area contributed by atoms with E-state index in [2.05, 4.69) is 0 Å². The Morgan fingerprint density at radius 3 is 2.39 bits per heavy atom. The lowest BCUT2D eigenvalue weighted by atomic mass is 9.84. The molecule has 2 amide bonds. The van der Waals surface area contributed by atoms with Crippen molar-refractivity contribution in [1.82, 2.24) is 4.90 Å². The lowest BCUT2D eigenvalue weighted by Gasteiger charge is -2.41. The number of benzene rings is 1. The van der Waals surface area contributed by atoms with Gasteiger partial charge in [-0.2, -0.15) is 0 Å². The number of nitro groups is 1. The monoisotopic (exact) mass is 317 g/mol. The average molecular weight is 317 g/mol. The van der Waals surface area contributed by atoms with Crippen LogP contribution in [0.1, 0.15) is 26.2 Å². The van der Waals surface area contributed by atoms with Crippen LogP contribution in [0.5, 0.6) is 0 Å². The highest BCUT2D eigenvalue weighted by Gasteiger charge is 2.38. The first-order valence-electron chi connectivity index (χ1n) is 7.85. The van der Waals surface area contributed by atoms with E-state index in [4.69, 9.17) is 0 Å². The van der Waals surface area contributed by atoms with Crippen molar-refractivity contribution < 1.29 is 14.5 Å². The Balaban J connectivity index is 1.73. The molecule has 1 aliphatic carbocycles. The van der Waals surface area contributed by atoms with E-state index in [0.717, 1.165) is 19.3 Å². The molecular weight excluding hydrogens is 298 g/mol. The van der Waals surface area contributed by atoms with Crippen LogP contribution in [0.25, 0.3) is 0 Å². The van der Waals surface area contributed by atoms with Gasteiger partial charge in [0.05, 0.1) is 4.92 Å². The zero-order valence-electron chi connectivity index (χ0n) is 13.0. The van der Waals surface area contributed by atoms with E-state index in [1.165, 1.54) is 12.1 Å². The van der Waals surface area contributed by atoms with Crippen LogP contribution in [0.3, 0.4) is 0 Å². The van der Waals surface area contributed by atoms with Gasteiger partial charge in [0.15, 0.2) is 0 Å². The SMILES string of the molecule is C[C@H]1C(=O)N(c2ccc([N+](=O)[O-])cc2)CCN1C(=O)C1CCC1. The maximum absolute atomic E-state index is 12.6. The first kappa shape index (κ1) is 15.5. The summed E-state index contributed by atoms with van der Waals surface area (Å²) in [5.74, 6) is 0.0226. The summed E-state index contributed by atoms with van der Waals surface area (Å²) < 4.78 is 0. The summed E-state index contributed by atoms with van der Waals surface area (Å²) in [6.45, 7) is 2.66. The summed E-state index contributed by atoms with van der Waals surface area (Å²) in [6, 6.07) is 5.43. The van der Waals surface area contributed by atoms with Crippen LogP contribution in [0.4, 0.5) is 11.4 Å². The summed E-state index contributed by atoms with van der Waals surface area (Å²) in [4.78, 5) is 38.5. The summed E-state index contributed by atoms with van der Waals surface area (Å²) in [5.41, 5.74) is 0.622. The highest BCUT2D eigenvalue weighted by Crippen LogP contribution is 2.30. The number of nitrogens with zero attached hydrogens (tertiary/aromatic N) is 3. The topological polar surface area (TPSA) is 83.8 Å². The minimum atomic E-state index is -0.493. The molecule has 0 aromatic heterocycles. The van der Waals surface area contributed by atoms with Gasteiger partial charge in [-0.3, -0.25) is 19.7 Å². The molecule has 1 saturated carbocycles. The van der Waals surface area contributed by atoms with Gasteiger partial charge in [-0.25, -0.2) is 0 Å². The number of hydrogen-bond acceptors (Lipinski definition) is 4. The van der Waals surface area contributed by atoms with Gasteiger partial charge in [-0.05, 0) is 31.9 Å². The summed E-state index contributed by atoms with van der Waals surface area (Å²) in [5, 5.41) is 10.7. The molecule has 23 heavy (non-hydrogen) atoms. The number of nitro benzene ring substituents is 1. The lowest BCUT2D eigenvalue weighted by Crippen LogP contribution is -2.59. The highest BCUT2D eigenvalue weighted by molar-refractivity contribution is 6.00. The highest BCUT2D eigenvalue weighted by atomic mass is 16.6. The molecule has 1 aromatic carbocycles. The maximum Gasteiger partial charge on any atom is 0.269 e. The summed E-state index contributed by atoms with van der Waals surface area (Å²) in [6.07, 6.45) is 2.92. The molecule has 0 unspecified atom stereocenters. The minimum absolute atomic E-state index is 0.00644. The Hall–Kier alpha value is -2.44. The van der Waals surface area contributed by atoms with Gasteiger partial charge in [0.2, 0.25) is 11.8 Å². The fourth-order valence-corrected chi connectivity index (χ4v) is 3.07. The third-order valence-electron chi connectivity index (χ3n) is 4.77. The first-order valence-corrected chi connectivity index (χ1v) is 7.85. The number of anilines is 1. The van der Waals surface area contributed by atoms with E-state index in [-0.39, 0.29) is 23.4 Å². The second-order valence-electron chi connectivity index (χ2n) is 6.10. The third-order valence-corrected chi connectivity index (χ3v) is 4.77. The van der Waals surface area contributed by atoms with Crippen LogP contribution in [0, 0.1) is 16.0 Å². The molecule has 2 aliphatic rings. The van der Waals surface area contributed by atoms with Crippen molar-refractivity contribution in [3.63, 3.8) is 0 Å². The molecule has 122 valence electrons. The van der Waals surface area contributed by atoms with Crippen molar-refractivity contribution in [2.45, 2.75) is 32.2 Å². The van der Waals surface area contributed by atoms with E-state index < -0.39 is 11.0 Å². The zero-order valence-corrected chi connectivity index (χ0v) is 13.0. The van der Waals surface area contributed by atoms with Crippen molar-refractivity contribution in [3.05, 3.63) is 34.4 Å². The molecule has 1 saturated heterocycles. The van der Waals surface area contributed by atoms with E-state index in [0.29, 0.717) is 18.8 Å². The third kappa shape index (κ3) is 2.78. The van der Waals surface area contributed by atoms with Gasteiger partial charge < -0.3 is 9.80 Å². The molecule has 0 radical (unpaired) electrons. The predicted molar refractivity (Wildman–Crippen MR) is 84.0 cm³/mol. The molecular formula is C16H19N3O4. The number of carbonyl (C=O) groups excluding carboxylic acids is 2. The molecule has 1 aliphatic heterocycles. The molecule has 1 atom stereocenters. The number of non-ortho nitro benzene ring substituents is 1. The molecule has 0 bridgehead atoms. The van der Waals surface area contributed by atoms with Gasteiger partial charge in [-0.1, -0.05) is 6.42 Å². The van der Waals surface area contributed by atoms with Crippen LogP contribution >= 0.6 is 0 Å². The molecule has 1 aromatic rings. The maximum atomic E-state index is 12.6. The van der Waals surface area contributed by atoms with Gasteiger partial charge in [0.1, 0.15) is 6.04 Å². The molecule has 0 spiro atoms. The van der Waals surface area contributed by atoms with Crippen LogP contribution in [-0.4, -0.2) is 40.8 Å². The quantitative estimate of drug-likeness (QED) is 0.630. The molecule has 1 heterocycles. The van der Waals surface area contributed by atoms with Gasteiger partial charge in [-0.15, -0.1) is 0 Å². The number of hydrogen-bond donors (Lipinski definition) is 0. The fourth-order valence-electron chi connectivity index (χ4n) is 3.07. The Labute approximate surface area is 134 Å². The second kappa shape index (κ2) is 5.98. The smallest absolute Gasteiger partial charge is 0.269 e. The van der Waals surface area contributed by atoms with Crippen LogP contribution in [0.15, 0.2) is 24.3 Å². The lowest BCUT2D eigenvalue weighted by molar-refractivity contribution is -0.384. The number of amides is 2. The van der Waals surface area contributed by atoms with Crippen LogP contribution in [0.2, 0.25) is 0 Å². The average Bonchev–Trinajstić information content (AvgIpc) is 2.48. The van der Waals surface area contributed by atoms with E-state index in [9.17, 15) is 19.7 Å². The summed E-state index contributed by atoms with van der Waals surface area (Å²) in [7, 11) is 0. The molecule has 3 rings (SSSR count). The van der Waals surface area contributed by atoms with Crippen molar-refractivity contribution in [1.29, 1.82) is 0 Å². The Bertz CT molecular complexity index is 639. The van der Waals surface area contributed by atoms with E-state index >= 15 is 0 Å². The van der Waals surface area contributed by atoms with E-state index in [1.807, 2.05) is 0 Å². The molecule has 0 N–H and O–H groups in total. The Morgan fingerprint density at radius 2 is 1.87 bits per heavy atom.